The van der Waals surface area contributed by atoms with Gasteiger partial charge in [0.25, 0.3) is 0 Å². The van der Waals surface area contributed by atoms with Gasteiger partial charge in [-0.2, -0.15) is 5.10 Å². The monoisotopic (exact) mass is 462 g/mol. The predicted molar refractivity (Wildman–Crippen MR) is 116 cm³/mol. The van der Waals surface area contributed by atoms with E-state index >= 15 is 0 Å². The number of rotatable bonds is 8. The number of piperidine rings is 1. The molecule has 6 nitrogen and oxygen atoms in total. The first-order valence-electron chi connectivity index (χ1n) is 9.39. The average molecular weight is 462 g/mol. The Labute approximate surface area is 169 Å². The highest BCUT2D eigenvalue weighted by Crippen LogP contribution is 2.18. The first kappa shape index (κ1) is 22.2. The minimum Gasteiger partial charge on any atom is -0.356 e. The van der Waals surface area contributed by atoms with Crippen molar-refractivity contribution in [3.8, 4) is 0 Å². The summed E-state index contributed by atoms with van der Waals surface area (Å²) in [5.41, 5.74) is 1.29. The number of nitrogens with one attached hydrogen (secondary N) is 2. The van der Waals surface area contributed by atoms with Gasteiger partial charge in [0.2, 0.25) is 0 Å². The normalized spacial score (nSPS) is 18.7. The van der Waals surface area contributed by atoms with Gasteiger partial charge in [0.15, 0.2) is 5.96 Å². The SMILES string of the molecule is CCC1CCCCN1CCNC(=NC)NCCCc1cnn(C)c1.I. The molecule has 2 heterocycles. The smallest absolute Gasteiger partial charge is 0.191 e. The standard InChI is InChI=1S/C18H34N6.HI/c1-4-17-9-5-6-12-24(17)13-11-21-18(19-2)20-10-7-8-16-14-22-23(3)15-16;/h14-15,17H,4-13H2,1-3H3,(H2,19,20,21);1H. The molecule has 7 heteroatoms. The summed E-state index contributed by atoms with van der Waals surface area (Å²) in [5.74, 6) is 0.909. The Hall–Kier alpha value is -0.830. The topological polar surface area (TPSA) is 57.5 Å². The van der Waals surface area contributed by atoms with Crippen LogP contribution in [0.3, 0.4) is 0 Å². The van der Waals surface area contributed by atoms with Crippen LogP contribution in [0.5, 0.6) is 0 Å². The number of aliphatic imine (C=N–C) groups is 1. The van der Waals surface area contributed by atoms with Crippen molar-refractivity contribution in [1.82, 2.24) is 25.3 Å². The molecule has 144 valence electrons. The molecule has 25 heavy (non-hydrogen) atoms. The van der Waals surface area contributed by atoms with Crippen LogP contribution in [0.2, 0.25) is 0 Å². The lowest BCUT2D eigenvalue weighted by atomic mass is 10.0. The van der Waals surface area contributed by atoms with Crippen LogP contribution < -0.4 is 10.6 Å². The maximum atomic E-state index is 4.32. The zero-order valence-electron chi connectivity index (χ0n) is 16.0. The minimum absolute atomic E-state index is 0. The molecule has 1 aromatic rings. The molecule has 1 aliphatic heterocycles. The van der Waals surface area contributed by atoms with Crippen molar-refractivity contribution >= 4 is 29.9 Å². The first-order chi connectivity index (χ1) is 11.7. The van der Waals surface area contributed by atoms with E-state index in [-0.39, 0.29) is 24.0 Å². The Morgan fingerprint density at radius 3 is 2.80 bits per heavy atom. The van der Waals surface area contributed by atoms with Crippen LogP contribution in [0.15, 0.2) is 17.4 Å². The number of aromatic nitrogens is 2. The first-order valence-corrected chi connectivity index (χ1v) is 9.39. The van der Waals surface area contributed by atoms with Crippen LogP contribution in [0.1, 0.15) is 44.6 Å². The summed E-state index contributed by atoms with van der Waals surface area (Å²) in [6.07, 6.45) is 11.5. The van der Waals surface area contributed by atoms with Crippen LogP contribution in [0, 0.1) is 0 Å². The van der Waals surface area contributed by atoms with Gasteiger partial charge in [-0.15, -0.1) is 24.0 Å². The van der Waals surface area contributed by atoms with Gasteiger partial charge in [0.05, 0.1) is 6.20 Å². The van der Waals surface area contributed by atoms with Gasteiger partial charge in [0, 0.05) is 46.0 Å². The molecule has 0 aliphatic carbocycles. The van der Waals surface area contributed by atoms with E-state index in [2.05, 4.69) is 38.7 Å². The fourth-order valence-corrected chi connectivity index (χ4v) is 3.46. The molecule has 2 rings (SSSR count). The second-order valence-electron chi connectivity index (χ2n) is 6.65. The molecule has 0 saturated carbocycles. The van der Waals surface area contributed by atoms with E-state index in [0.717, 1.165) is 44.5 Å². The summed E-state index contributed by atoms with van der Waals surface area (Å²) < 4.78 is 1.85. The maximum absolute atomic E-state index is 4.32. The van der Waals surface area contributed by atoms with Gasteiger partial charge in [-0.25, -0.2) is 0 Å². The van der Waals surface area contributed by atoms with Crippen molar-refractivity contribution in [1.29, 1.82) is 0 Å². The average Bonchev–Trinajstić information content (AvgIpc) is 3.02. The lowest BCUT2D eigenvalue weighted by Gasteiger charge is -2.35. The van der Waals surface area contributed by atoms with Crippen molar-refractivity contribution in [2.75, 3.05) is 33.2 Å². The number of likely N-dealkylation sites (tertiary alicyclic amines) is 1. The van der Waals surface area contributed by atoms with Crippen LogP contribution in [0.4, 0.5) is 0 Å². The third kappa shape index (κ3) is 7.94. The summed E-state index contributed by atoms with van der Waals surface area (Å²) in [4.78, 5) is 6.95. The molecule has 1 atom stereocenters. The third-order valence-electron chi connectivity index (χ3n) is 4.83. The molecule has 0 radical (unpaired) electrons. The van der Waals surface area contributed by atoms with Gasteiger partial charge in [-0.3, -0.25) is 14.6 Å². The van der Waals surface area contributed by atoms with Crippen molar-refractivity contribution in [3.63, 3.8) is 0 Å². The Kier molecular flexibility index (Phi) is 11.1. The van der Waals surface area contributed by atoms with Crippen molar-refractivity contribution in [2.45, 2.75) is 51.5 Å². The number of hydrogen-bond donors (Lipinski definition) is 2. The molecule has 0 bridgehead atoms. The van der Waals surface area contributed by atoms with Gasteiger partial charge in [-0.05, 0) is 44.2 Å². The lowest BCUT2D eigenvalue weighted by molar-refractivity contribution is 0.147. The third-order valence-corrected chi connectivity index (χ3v) is 4.83. The van der Waals surface area contributed by atoms with E-state index in [1.54, 1.807) is 0 Å². The van der Waals surface area contributed by atoms with Gasteiger partial charge >= 0.3 is 0 Å². The molecule has 1 aliphatic rings. The Morgan fingerprint density at radius 2 is 2.12 bits per heavy atom. The molecule has 0 amide bonds. The minimum atomic E-state index is 0. The Balaban J connectivity index is 0.00000312. The van der Waals surface area contributed by atoms with Crippen molar-refractivity contribution < 1.29 is 0 Å². The maximum Gasteiger partial charge on any atom is 0.191 e. The number of guanidine groups is 1. The number of nitrogens with zero attached hydrogens (tertiary/aromatic N) is 4. The molecule has 0 aromatic carbocycles. The van der Waals surface area contributed by atoms with E-state index in [4.69, 9.17) is 0 Å². The highest BCUT2D eigenvalue weighted by Gasteiger charge is 2.19. The van der Waals surface area contributed by atoms with Crippen LogP contribution in [0.25, 0.3) is 0 Å². The Morgan fingerprint density at radius 1 is 1.32 bits per heavy atom. The van der Waals surface area contributed by atoms with Crippen LogP contribution in [-0.4, -0.2) is 59.9 Å². The molecule has 2 N–H and O–H groups in total. The highest BCUT2D eigenvalue weighted by atomic mass is 127. The zero-order valence-corrected chi connectivity index (χ0v) is 18.3. The molecular formula is C18H35IN6. The summed E-state index contributed by atoms with van der Waals surface area (Å²) in [6.45, 7) is 6.54. The molecule has 1 fully saturated rings. The van der Waals surface area contributed by atoms with Crippen molar-refractivity contribution in [2.24, 2.45) is 12.0 Å². The molecule has 1 unspecified atom stereocenters. The summed E-state index contributed by atoms with van der Waals surface area (Å²) >= 11 is 0. The predicted octanol–water partition coefficient (Wildman–Crippen LogP) is 2.40. The van der Waals surface area contributed by atoms with E-state index < -0.39 is 0 Å². The molecule has 1 aromatic heterocycles. The highest BCUT2D eigenvalue weighted by molar-refractivity contribution is 14.0. The summed E-state index contributed by atoms with van der Waals surface area (Å²) in [6, 6.07) is 0.773. The van der Waals surface area contributed by atoms with Crippen LogP contribution >= 0.6 is 24.0 Å². The second-order valence-corrected chi connectivity index (χ2v) is 6.65. The number of halogens is 1. The van der Waals surface area contributed by atoms with E-state index in [0.29, 0.717) is 0 Å². The van der Waals surface area contributed by atoms with Gasteiger partial charge in [-0.1, -0.05) is 13.3 Å². The quantitative estimate of drug-likeness (QED) is 0.270. The lowest BCUT2D eigenvalue weighted by Crippen LogP contribution is -2.46. The van der Waals surface area contributed by atoms with Gasteiger partial charge in [0.1, 0.15) is 0 Å². The number of hydrogen-bond acceptors (Lipinski definition) is 3. The summed E-state index contributed by atoms with van der Waals surface area (Å²) in [5, 5.41) is 11.0. The fraction of sp³-hybridized carbons (Fsp3) is 0.778. The van der Waals surface area contributed by atoms with E-state index in [9.17, 15) is 0 Å². The van der Waals surface area contributed by atoms with Crippen LogP contribution in [-0.2, 0) is 13.5 Å². The van der Waals surface area contributed by atoms with E-state index in [1.807, 2.05) is 25.0 Å². The molecular weight excluding hydrogens is 427 g/mol. The Bertz CT molecular complexity index is 502. The summed E-state index contributed by atoms with van der Waals surface area (Å²) in [7, 11) is 3.80. The van der Waals surface area contributed by atoms with Gasteiger partial charge < -0.3 is 10.6 Å². The second kappa shape index (κ2) is 12.5. The number of aryl methyl sites for hydroxylation is 2. The molecule has 0 spiro atoms. The zero-order chi connectivity index (χ0) is 17.2. The largest absolute Gasteiger partial charge is 0.356 e. The fourth-order valence-electron chi connectivity index (χ4n) is 3.46. The van der Waals surface area contributed by atoms with E-state index in [1.165, 1.54) is 37.8 Å². The van der Waals surface area contributed by atoms with Crippen molar-refractivity contribution in [3.05, 3.63) is 18.0 Å². The molecule has 1 saturated heterocycles.